The first-order chi connectivity index (χ1) is 9.29. The molecule has 5 nitrogen and oxygen atoms in total. The van der Waals surface area contributed by atoms with E-state index in [1.54, 1.807) is 31.2 Å². The molecular formula is C15H22N2O3. The highest BCUT2D eigenvalue weighted by atomic mass is 16.5. The van der Waals surface area contributed by atoms with Crippen molar-refractivity contribution in [3.05, 3.63) is 35.9 Å². The average molecular weight is 278 g/mol. The molecule has 0 saturated carbocycles. The summed E-state index contributed by atoms with van der Waals surface area (Å²) in [5.41, 5.74) is -1.70. The topological polar surface area (TPSA) is 71.2 Å². The van der Waals surface area contributed by atoms with Gasteiger partial charge in [-0.25, -0.2) is 4.79 Å². The Kier molecular flexibility index (Phi) is 5.39. The number of benzene rings is 1. The number of carbonyl (C=O) groups is 1. The lowest BCUT2D eigenvalue weighted by atomic mass is 9.94. The monoisotopic (exact) mass is 278 g/mol. The van der Waals surface area contributed by atoms with E-state index >= 15 is 0 Å². The molecule has 0 amide bonds. The Hall–Kier alpha value is -1.75. The smallest absolute Gasteiger partial charge is 0.344 e. The van der Waals surface area contributed by atoms with Crippen LogP contribution in [0.1, 0.15) is 33.3 Å². The number of aliphatic hydroxyl groups is 1. The molecule has 5 heteroatoms. The van der Waals surface area contributed by atoms with Crippen LogP contribution in [0.2, 0.25) is 0 Å². The molecule has 20 heavy (non-hydrogen) atoms. The van der Waals surface area contributed by atoms with Gasteiger partial charge in [0, 0.05) is 0 Å². The summed E-state index contributed by atoms with van der Waals surface area (Å²) in [4.78, 5) is 12.0. The van der Waals surface area contributed by atoms with Crippen LogP contribution in [-0.4, -0.2) is 29.8 Å². The highest BCUT2D eigenvalue weighted by Crippen LogP contribution is 2.24. The third-order valence-electron chi connectivity index (χ3n) is 2.53. The summed E-state index contributed by atoms with van der Waals surface area (Å²) < 4.78 is 4.95. The van der Waals surface area contributed by atoms with Crippen LogP contribution in [0.4, 0.5) is 0 Å². The van der Waals surface area contributed by atoms with E-state index < -0.39 is 11.6 Å². The van der Waals surface area contributed by atoms with E-state index in [9.17, 15) is 9.90 Å². The molecule has 1 unspecified atom stereocenters. The third kappa shape index (κ3) is 4.42. The van der Waals surface area contributed by atoms with E-state index in [1.807, 2.05) is 26.8 Å². The van der Waals surface area contributed by atoms with E-state index in [-0.39, 0.29) is 18.7 Å². The lowest BCUT2D eigenvalue weighted by Crippen LogP contribution is -2.40. The lowest BCUT2D eigenvalue weighted by Gasteiger charge is -2.24. The number of nitrogens with zero attached hydrogens (tertiary/aromatic N) is 2. The van der Waals surface area contributed by atoms with E-state index in [2.05, 4.69) is 10.2 Å². The van der Waals surface area contributed by atoms with Crippen molar-refractivity contribution in [1.29, 1.82) is 0 Å². The van der Waals surface area contributed by atoms with Crippen molar-refractivity contribution in [2.75, 3.05) is 13.2 Å². The molecule has 0 heterocycles. The van der Waals surface area contributed by atoms with E-state index in [1.165, 1.54) is 0 Å². The summed E-state index contributed by atoms with van der Waals surface area (Å²) in [5.74, 6) is -0.709. The van der Waals surface area contributed by atoms with E-state index in [4.69, 9.17) is 4.74 Å². The van der Waals surface area contributed by atoms with Gasteiger partial charge in [0.1, 0.15) is 6.54 Å². The fourth-order valence-corrected chi connectivity index (χ4v) is 1.59. The fraction of sp³-hybridized carbons (Fsp3) is 0.533. The largest absolute Gasteiger partial charge is 0.464 e. The number of hydrogen-bond donors (Lipinski definition) is 1. The Morgan fingerprint density at radius 1 is 1.25 bits per heavy atom. The Balaban J connectivity index is 3.03. The van der Waals surface area contributed by atoms with Gasteiger partial charge in [-0.2, -0.15) is 10.2 Å². The summed E-state index contributed by atoms with van der Waals surface area (Å²) in [6.45, 7) is 7.41. The molecule has 0 aliphatic rings. The maximum absolute atomic E-state index is 12.0. The highest BCUT2D eigenvalue weighted by molar-refractivity contribution is 5.81. The molecule has 1 atom stereocenters. The summed E-state index contributed by atoms with van der Waals surface area (Å²) in [5, 5.41) is 18.7. The molecule has 0 fully saturated rings. The Labute approximate surface area is 119 Å². The highest BCUT2D eigenvalue weighted by Gasteiger charge is 2.39. The van der Waals surface area contributed by atoms with Crippen molar-refractivity contribution in [3.63, 3.8) is 0 Å². The number of hydrogen-bond acceptors (Lipinski definition) is 5. The zero-order chi connectivity index (χ0) is 15.2. The number of esters is 1. The molecule has 1 aromatic rings. The Morgan fingerprint density at radius 2 is 1.85 bits per heavy atom. The molecule has 110 valence electrons. The van der Waals surface area contributed by atoms with Crippen LogP contribution in [0.25, 0.3) is 0 Å². The molecule has 0 aliphatic carbocycles. The fourth-order valence-electron chi connectivity index (χ4n) is 1.59. The van der Waals surface area contributed by atoms with Crippen molar-refractivity contribution in [3.8, 4) is 0 Å². The zero-order valence-corrected chi connectivity index (χ0v) is 12.5. The molecule has 0 aliphatic heterocycles. The predicted molar refractivity (Wildman–Crippen MR) is 76.4 cm³/mol. The molecule has 1 aromatic carbocycles. The van der Waals surface area contributed by atoms with Gasteiger partial charge in [0.15, 0.2) is 0 Å². The standard InChI is InChI=1S/C15H22N2O3/c1-5-20-13(18)15(19,11-16-17-14(2,3)4)12-9-7-6-8-10-12/h6-10,19H,5,11H2,1-4H3. The first-order valence-electron chi connectivity index (χ1n) is 6.63. The van der Waals surface area contributed by atoms with Crippen LogP contribution in [0, 0.1) is 0 Å². The Morgan fingerprint density at radius 3 is 2.35 bits per heavy atom. The second-order valence-corrected chi connectivity index (χ2v) is 5.52. The predicted octanol–water partition coefficient (Wildman–Crippen LogP) is 2.69. The van der Waals surface area contributed by atoms with Gasteiger partial charge < -0.3 is 9.84 Å². The number of ether oxygens (including phenoxy) is 1. The molecule has 1 N–H and O–H groups in total. The SMILES string of the molecule is CCOC(=O)C(O)(CN=NC(C)(C)C)c1ccccc1. The molecule has 0 radical (unpaired) electrons. The van der Waals surface area contributed by atoms with E-state index in [0.717, 1.165) is 0 Å². The minimum Gasteiger partial charge on any atom is -0.464 e. The summed E-state index contributed by atoms with van der Waals surface area (Å²) >= 11 is 0. The van der Waals surface area contributed by atoms with Gasteiger partial charge in [0.05, 0.1) is 12.1 Å². The first-order valence-corrected chi connectivity index (χ1v) is 6.63. The number of rotatable bonds is 5. The maximum atomic E-state index is 12.0. The van der Waals surface area contributed by atoms with Crippen LogP contribution < -0.4 is 0 Å². The second-order valence-electron chi connectivity index (χ2n) is 5.52. The maximum Gasteiger partial charge on any atom is 0.344 e. The van der Waals surface area contributed by atoms with Gasteiger partial charge in [-0.1, -0.05) is 30.3 Å². The molecule has 0 saturated heterocycles. The lowest BCUT2D eigenvalue weighted by molar-refractivity contribution is -0.165. The summed E-state index contributed by atoms with van der Waals surface area (Å²) in [6, 6.07) is 8.65. The van der Waals surface area contributed by atoms with Gasteiger partial charge in [-0.3, -0.25) is 0 Å². The number of azo groups is 1. The first kappa shape index (κ1) is 16.3. The Bertz CT molecular complexity index is 466. The van der Waals surface area contributed by atoms with Gasteiger partial charge in [-0.15, -0.1) is 0 Å². The quantitative estimate of drug-likeness (QED) is 0.665. The third-order valence-corrected chi connectivity index (χ3v) is 2.53. The van der Waals surface area contributed by atoms with Crippen molar-refractivity contribution < 1.29 is 14.6 Å². The minimum absolute atomic E-state index is 0.160. The van der Waals surface area contributed by atoms with Crippen LogP contribution in [-0.2, 0) is 15.1 Å². The van der Waals surface area contributed by atoms with Crippen molar-refractivity contribution in [2.24, 2.45) is 10.2 Å². The van der Waals surface area contributed by atoms with Gasteiger partial charge in [-0.05, 0) is 33.3 Å². The van der Waals surface area contributed by atoms with Crippen LogP contribution >= 0.6 is 0 Å². The molecular weight excluding hydrogens is 256 g/mol. The zero-order valence-electron chi connectivity index (χ0n) is 12.5. The second kappa shape index (κ2) is 6.61. The van der Waals surface area contributed by atoms with Gasteiger partial charge >= 0.3 is 5.97 Å². The van der Waals surface area contributed by atoms with Gasteiger partial charge in [0.25, 0.3) is 0 Å². The van der Waals surface area contributed by atoms with Gasteiger partial charge in [0.2, 0.25) is 5.60 Å². The van der Waals surface area contributed by atoms with Crippen LogP contribution in [0.5, 0.6) is 0 Å². The summed E-state index contributed by atoms with van der Waals surface area (Å²) in [7, 11) is 0. The normalized spacial score (nSPS) is 15.1. The molecule has 0 aromatic heterocycles. The van der Waals surface area contributed by atoms with Crippen molar-refractivity contribution in [1.82, 2.24) is 0 Å². The number of carbonyl (C=O) groups excluding carboxylic acids is 1. The van der Waals surface area contributed by atoms with Crippen molar-refractivity contribution >= 4 is 5.97 Å². The summed E-state index contributed by atoms with van der Waals surface area (Å²) in [6.07, 6.45) is 0. The average Bonchev–Trinajstić information content (AvgIpc) is 2.38. The van der Waals surface area contributed by atoms with Crippen LogP contribution in [0.15, 0.2) is 40.6 Å². The van der Waals surface area contributed by atoms with Crippen molar-refractivity contribution in [2.45, 2.75) is 38.8 Å². The molecule has 0 bridgehead atoms. The van der Waals surface area contributed by atoms with E-state index in [0.29, 0.717) is 5.56 Å². The van der Waals surface area contributed by atoms with Crippen LogP contribution in [0.3, 0.4) is 0 Å². The minimum atomic E-state index is -1.80. The molecule has 0 spiro atoms. The molecule has 1 rings (SSSR count).